The smallest absolute Gasteiger partial charge is 0.234 e. The van der Waals surface area contributed by atoms with Gasteiger partial charge in [-0.05, 0) is 19.8 Å². The quantitative estimate of drug-likeness (QED) is 0.785. The van der Waals surface area contributed by atoms with Crippen LogP contribution in [0.4, 0.5) is 0 Å². The Morgan fingerprint density at radius 2 is 2.24 bits per heavy atom. The molecule has 1 aliphatic carbocycles. The van der Waals surface area contributed by atoms with Gasteiger partial charge >= 0.3 is 0 Å². The number of ether oxygens (including phenoxy) is 1. The fraction of sp³-hybridized carbons (Fsp3) is 0.750. The molecule has 1 unspecified atom stereocenters. The Morgan fingerprint density at radius 3 is 2.88 bits per heavy atom. The lowest BCUT2D eigenvalue weighted by molar-refractivity contribution is -0.122. The highest BCUT2D eigenvalue weighted by Crippen LogP contribution is 2.26. The second-order valence-corrected chi connectivity index (χ2v) is 4.55. The van der Waals surface area contributed by atoms with Crippen LogP contribution in [0.5, 0.6) is 0 Å². The molecule has 1 saturated carbocycles. The van der Waals surface area contributed by atoms with E-state index >= 15 is 0 Å². The zero-order chi connectivity index (χ0) is 12.3. The minimum Gasteiger partial charge on any atom is -0.374 e. The van der Waals surface area contributed by atoms with E-state index in [1.807, 2.05) is 6.92 Å². The first-order valence-electron chi connectivity index (χ1n) is 6.08. The molecule has 1 atom stereocenters. The van der Waals surface area contributed by atoms with E-state index in [1.54, 1.807) is 7.11 Å². The third-order valence-corrected chi connectivity index (χ3v) is 3.34. The molecule has 5 heteroatoms. The number of Topliss-reactive ketones (excluding diaryl/α,β-unsaturated/α-hetero) is 1. The third kappa shape index (κ3) is 2.91. The Morgan fingerprint density at radius 1 is 1.53 bits per heavy atom. The van der Waals surface area contributed by atoms with Gasteiger partial charge in [-0.2, -0.15) is 4.98 Å². The third-order valence-electron chi connectivity index (χ3n) is 3.34. The average molecular weight is 238 g/mol. The van der Waals surface area contributed by atoms with Gasteiger partial charge in [-0.1, -0.05) is 18.0 Å². The molecule has 0 amide bonds. The van der Waals surface area contributed by atoms with E-state index in [2.05, 4.69) is 10.1 Å². The minimum absolute atomic E-state index is 0.199. The van der Waals surface area contributed by atoms with Gasteiger partial charge in [0, 0.05) is 13.0 Å². The first-order chi connectivity index (χ1) is 8.20. The van der Waals surface area contributed by atoms with Crippen molar-refractivity contribution in [2.24, 2.45) is 5.92 Å². The van der Waals surface area contributed by atoms with Crippen molar-refractivity contribution in [3.8, 4) is 0 Å². The number of hydrogen-bond acceptors (Lipinski definition) is 5. The first-order valence-corrected chi connectivity index (χ1v) is 6.08. The van der Waals surface area contributed by atoms with Crippen LogP contribution < -0.4 is 0 Å². The van der Waals surface area contributed by atoms with Crippen LogP contribution >= 0.6 is 0 Å². The second kappa shape index (κ2) is 5.40. The van der Waals surface area contributed by atoms with Crippen LogP contribution in [0.2, 0.25) is 0 Å². The summed E-state index contributed by atoms with van der Waals surface area (Å²) in [6.45, 7) is 1.84. The maximum absolute atomic E-state index is 11.9. The number of rotatable bonds is 5. The van der Waals surface area contributed by atoms with Crippen LogP contribution in [0.15, 0.2) is 4.52 Å². The summed E-state index contributed by atoms with van der Waals surface area (Å²) in [6.07, 6.45) is 4.39. The first kappa shape index (κ1) is 12.2. The molecule has 1 aromatic heterocycles. The topological polar surface area (TPSA) is 65.2 Å². The predicted octanol–water partition coefficient (Wildman–Crippen LogP) is 2.08. The van der Waals surface area contributed by atoms with Gasteiger partial charge in [0.15, 0.2) is 5.82 Å². The Bertz CT molecular complexity index is 383. The highest BCUT2D eigenvalue weighted by Gasteiger charge is 2.24. The second-order valence-electron chi connectivity index (χ2n) is 4.55. The van der Waals surface area contributed by atoms with E-state index in [1.165, 1.54) is 0 Å². The number of aromatic nitrogens is 2. The van der Waals surface area contributed by atoms with Gasteiger partial charge in [-0.25, -0.2) is 0 Å². The summed E-state index contributed by atoms with van der Waals surface area (Å²) in [5.74, 6) is 1.33. The standard InChI is InChI=1S/C12H18N2O3/c1-8(16-2)12-13-11(17-14-12)7-10(15)9-5-3-4-6-9/h8-9H,3-7H2,1-2H3. The lowest BCUT2D eigenvalue weighted by Crippen LogP contribution is -2.13. The molecular weight excluding hydrogens is 220 g/mol. The van der Waals surface area contributed by atoms with Gasteiger partial charge in [0.25, 0.3) is 0 Å². The molecule has 17 heavy (non-hydrogen) atoms. The van der Waals surface area contributed by atoms with Crippen molar-refractivity contribution in [3.05, 3.63) is 11.7 Å². The van der Waals surface area contributed by atoms with Gasteiger partial charge in [-0.15, -0.1) is 0 Å². The number of carbonyl (C=O) groups is 1. The summed E-state index contributed by atoms with van der Waals surface area (Å²) < 4.78 is 10.1. The molecule has 0 N–H and O–H groups in total. The van der Waals surface area contributed by atoms with Crippen LogP contribution in [0.25, 0.3) is 0 Å². The molecular formula is C12H18N2O3. The number of carbonyl (C=O) groups excluding carboxylic acids is 1. The molecule has 1 aromatic rings. The molecule has 0 spiro atoms. The fourth-order valence-corrected chi connectivity index (χ4v) is 2.15. The summed E-state index contributed by atoms with van der Waals surface area (Å²) in [5.41, 5.74) is 0. The van der Waals surface area contributed by atoms with Crippen LogP contribution in [0.3, 0.4) is 0 Å². The van der Waals surface area contributed by atoms with Gasteiger partial charge in [-0.3, -0.25) is 4.79 Å². The summed E-state index contributed by atoms with van der Waals surface area (Å²) in [4.78, 5) is 16.1. The maximum atomic E-state index is 11.9. The van der Waals surface area contributed by atoms with Gasteiger partial charge < -0.3 is 9.26 Å². The zero-order valence-electron chi connectivity index (χ0n) is 10.3. The zero-order valence-corrected chi connectivity index (χ0v) is 10.3. The van der Waals surface area contributed by atoms with E-state index in [4.69, 9.17) is 9.26 Å². The van der Waals surface area contributed by atoms with Gasteiger partial charge in [0.1, 0.15) is 11.9 Å². The summed E-state index contributed by atoms with van der Waals surface area (Å²) >= 11 is 0. The van der Waals surface area contributed by atoms with Crippen molar-refractivity contribution < 1.29 is 14.1 Å². The van der Waals surface area contributed by atoms with Crippen molar-refractivity contribution in [2.75, 3.05) is 7.11 Å². The molecule has 0 bridgehead atoms. The summed E-state index contributed by atoms with van der Waals surface area (Å²) in [5, 5.41) is 3.80. The minimum atomic E-state index is -0.200. The molecule has 0 radical (unpaired) electrons. The highest BCUT2D eigenvalue weighted by atomic mass is 16.5. The van der Waals surface area contributed by atoms with Crippen LogP contribution in [-0.2, 0) is 16.0 Å². The van der Waals surface area contributed by atoms with Gasteiger partial charge in [0.05, 0.1) is 6.42 Å². The monoisotopic (exact) mass is 238 g/mol. The molecule has 0 aliphatic heterocycles. The van der Waals surface area contributed by atoms with Crippen molar-refractivity contribution in [3.63, 3.8) is 0 Å². The van der Waals surface area contributed by atoms with Crippen LogP contribution in [0, 0.1) is 5.92 Å². The Balaban J connectivity index is 1.94. The number of nitrogens with zero attached hydrogens (tertiary/aromatic N) is 2. The maximum Gasteiger partial charge on any atom is 0.234 e. The van der Waals surface area contributed by atoms with Crippen molar-refractivity contribution >= 4 is 5.78 Å². The lowest BCUT2D eigenvalue weighted by atomic mass is 10.0. The highest BCUT2D eigenvalue weighted by molar-refractivity contribution is 5.82. The molecule has 5 nitrogen and oxygen atoms in total. The Hall–Kier alpha value is -1.23. The number of ketones is 1. The number of methoxy groups -OCH3 is 1. The van der Waals surface area contributed by atoms with Crippen molar-refractivity contribution in [1.82, 2.24) is 10.1 Å². The van der Waals surface area contributed by atoms with E-state index in [0.29, 0.717) is 11.7 Å². The molecule has 1 aliphatic rings. The molecule has 2 rings (SSSR count). The summed E-state index contributed by atoms with van der Waals surface area (Å²) in [6, 6.07) is 0. The molecule has 0 aromatic carbocycles. The lowest BCUT2D eigenvalue weighted by Gasteiger charge is -2.04. The summed E-state index contributed by atoms with van der Waals surface area (Å²) in [7, 11) is 1.59. The normalized spacial score (nSPS) is 18.5. The van der Waals surface area contributed by atoms with E-state index < -0.39 is 0 Å². The fourth-order valence-electron chi connectivity index (χ4n) is 2.15. The van der Waals surface area contributed by atoms with E-state index in [9.17, 15) is 4.79 Å². The molecule has 1 heterocycles. The van der Waals surface area contributed by atoms with Crippen LogP contribution in [0.1, 0.15) is 50.4 Å². The SMILES string of the molecule is COC(C)c1noc(CC(=O)C2CCCC2)n1. The Kier molecular flexibility index (Phi) is 3.89. The van der Waals surface area contributed by atoms with Crippen LogP contribution in [-0.4, -0.2) is 23.0 Å². The molecule has 94 valence electrons. The molecule has 0 saturated heterocycles. The Labute approximate surface area is 101 Å². The number of hydrogen-bond donors (Lipinski definition) is 0. The van der Waals surface area contributed by atoms with E-state index in [0.717, 1.165) is 25.7 Å². The predicted molar refractivity (Wildman–Crippen MR) is 60.4 cm³/mol. The van der Waals surface area contributed by atoms with Crippen molar-refractivity contribution in [1.29, 1.82) is 0 Å². The average Bonchev–Trinajstić information content (AvgIpc) is 2.98. The van der Waals surface area contributed by atoms with Crippen molar-refractivity contribution in [2.45, 2.75) is 45.1 Å². The van der Waals surface area contributed by atoms with E-state index in [-0.39, 0.29) is 24.2 Å². The van der Waals surface area contributed by atoms with Gasteiger partial charge in [0.2, 0.25) is 5.89 Å². The largest absolute Gasteiger partial charge is 0.374 e. The molecule has 1 fully saturated rings.